The van der Waals surface area contributed by atoms with Gasteiger partial charge in [-0.2, -0.15) is 0 Å². The first kappa shape index (κ1) is 11.0. The summed E-state index contributed by atoms with van der Waals surface area (Å²) in [5.41, 5.74) is 0.980. The summed E-state index contributed by atoms with van der Waals surface area (Å²) >= 11 is 0. The summed E-state index contributed by atoms with van der Waals surface area (Å²) < 4.78 is 13.4. The summed E-state index contributed by atoms with van der Waals surface area (Å²) in [6, 6.07) is -0.249. The molecule has 1 rings (SSSR count). The molecule has 2 N–H and O–H groups in total. The van der Waals surface area contributed by atoms with Crippen molar-refractivity contribution in [3.05, 3.63) is 12.2 Å². The highest BCUT2D eigenvalue weighted by Gasteiger charge is 2.26. The molecular weight excluding hydrogens is 183 g/mol. The molecule has 0 aromatic heterocycles. The Morgan fingerprint density at radius 2 is 2.43 bits per heavy atom. The number of alkyl halides is 1. The van der Waals surface area contributed by atoms with Gasteiger partial charge in [-0.15, -0.1) is 0 Å². The molecule has 0 aliphatic heterocycles. The van der Waals surface area contributed by atoms with Crippen molar-refractivity contribution in [2.75, 3.05) is 13.6 Å². The van der Waals surface area contributed by atoms with Crippen molar-refractivity contribution in [1.29, 1.82) is 0 Å². The van der Waals surface area contributed by atoms with E-state index in [2.05, 4.69) is 17.2 Å². The zero-order valence-corrected chi connectivity index (χ0v) is 8.48. The zero-order valence-electron chi connectivity index (χ0n) is 8.48. The molecule has 0 saturated heterocycles. The molecule has 1 saturated carbocycles. The van der Waals surface area contributed by atoms with E-state index in [0.29, 0.717) is 13.0 Å². The number of amides is 2. The van der Waals surface area contributed by atoms with Crippen LogP contribution in [0, 0.1) is 5.92 Å². The number of rotatable bonds is 2. The first-order valence-electron chi connectivity index (χ1n) is 4.89. The van der Waals surface area contributed by atoms with Gasteiger partial charge in [0.05, 0.1) is 0 Å². The van der Waals surface area contributed by atoms with E-state index >= 15 is 0 Å². The molecule has 2 unspecified atom stereocenters. The van der Waals surface area contributed by atoms with Crippen LogP contribution in [0.5, 0.6) is 0 Å². The topological polar surface area (TPSA) is 41.1 Å². The van der Waals surface area contributed by atoms with Crippen LogP contribution in [0.2, 0.25) is 0 Å². The largest absolute Gasteiger partial charge is 0.341 e. The van der Waals surface area contributed by atoms with Crippen LogP contribution in [0.25, 0.3) is 0 Å². The van der Waals surface area contributed by atoms with Crippen LogP contribution in [-0.2, 0) is 0 Å². The van der Waals surface area contributed by atoms with Crippen LogP contribution >= 0.6 is 0 Å². The van der Waals surface area contributed by atoms with Crippen LogP contribution in [0.1, 0.15) is 19.3 Å². The van der Waals surface area contributed by atoms with Gasteiger partial charge in [0.15, 0.2) is 0 Å². The monoisotopic (exact) mass is 200 g/mol. The van der Waals surface area contributed by atoms with E-state index in [9.17, 15) is 9.18 Å². The number of halogens is 1. The van der Waals surface area contributed by atoms with Crippen molar-refractivity contribution in [2.24, 2.45) is 5.92 Å². The van der Waals surface area contributed by atoms with Gasteiger partial charge in [-0.25, -0.2) is 9.18 Å². The van der Waals surface area contributed by atoms with Gasteiger partial charge in [-0.3, -0.25) is 0 Å². The second-order valence-corrected chi connectivity index (χ2v) is 3.73. The van der Waals surface area contributed by atoms with Crippen molar-refractivity contribution in [3.63, 3.8) is 0 Å². The van der Waals surface area contributed by atoms with Crippen LogP contribution in [0.4, 0.5) is 9.18 Å². The predicted octanol–water partition coefficient (Wildman–Crippen LogP) is 1.61. The van der Waals surface area contributed by atoms with Gasteiger partial charge < -0.3 is 10.6 Å². The second kappa shape index (κ2) is 4.98. The molecule has 1 aliphatic rings. The van der Waals surface area contributed by atoms with E-state index in [1.54, 1.807) is 7.05 Å². The highest BCUT2D eigenvalue weighted by atomic mass is 19.1. The molecule has 0 aromatic carbocycles. The molecule has 2 atom stereocenters. The number of nitrogens with one attached hydrogen (secondary N) is 2. The zero-order chi connectivity index (χ0) is 10.6. The van der Waals surface area contributed by atoms with Gasteiger partial charge in [0.1, 0.15) is 6.17 Å². The van der Waals surface area contributed by atoms with E-state index in [4.69, 9.17) is 0 Å². The fraction of sp³-hybridized carbons (Fsp3) is 0.700. The summed E-state index contributed by atoms with van der Waals surface area (Å²) in [5, 5.41) is 5.07. The van der Waals surface area contributed by atoms with Gasteiger partial charge in [-0.05, 0) is 19.3 Å². The fourth-order valence-electron chi connectivity index (χ4n) is 1.66. The highest BCUT2D eigenvalue weighted by molar-refractivity contribution is 5.73. The van der Waals surface area contributed by atoms with E-state index in [1.807, 2.05) is 0 Å². The Kier molecular flexibility index (Phi) is 3.92. The summed E-state index contributed by atoms with van der Waals surface area (Å²) in [5.74, 6) is -0.0576. The molecule has 1 fully saturated rings. The SMILES string of the molecule is C=C1CCC(CNC(=O)NC)C(F)C1. The van der Waals surface area contributed by atoms with Gasteiger partial charge in [-0.1, -0.05) is 12.2 Å². The van der Waals surface area contributed by atoms with E-state index in [1.165, 1.54) is 0 Å². The third-order valence-corrected chi connectivity index (χ3v) is 2.62. The second-order valence-electron chi connectivity index (χ2n) is 3.73. The van der Waals surface area contributed by atoms with Crippen molar-refractivity contribution in [1.82, 2.24) is 10.6 Å². The Bertz CT molecular complexity index is 230. The standard InChI is InChI=1S/C10H17FN2O/c1-7-3-4-8(9(11)5-7)6-13-10(14)12-2/h8-9H,1,3-6H2,2H3,(H2,12,13,14). The lowest BCUT2D eigenvalue weighted by atomic mass is 9.85. The van der Waals surface area contributed by atoms with Crippen molar-refractivity contribution >= 4 is 6.03 Å². The number of urea groups is 1. The smallest absolute Gasteiger partial charge is 0.314 e. The quantitative estimate of drug-likeness (QED) is 0.653. The molecule has 3 nitrogen and oxygen atoms in total. The fourth-order valence-corrected chi connectivity index (χ4v) is 1.66. The van der Waals surface area contributed by atoms with Crippen LogP contribution < -0.4 is 10.6 Å². The Hall–Kier alpha value is -1.06. The van der Waals surface area contributed by atoms with Gasteiger partial charge >= 0.3 is 6.03 Å². The normalized spacial score (nSPS) is 27.1. The first-order valence-corrected chi connectivity index (χ1v) is 4.89. The minimum Gasteiger partial charge on any atom is -0.341 e. The third kappa shape index (κ3) is 3.01. The van der Waals surface area contributed by atoms with Gasteiger partial charge in [0.25, 0.3) is 0 Å². The average molecular weight is 200 g/mol. The molecule has 0 radical (unpaired) electrons. The maximum absolute atomic E-state index is 13.4. The molecule has 4 heteroatoms. The lowest BCUT2D eigenvalue weighted by Gasteiger charge is -2.27. The number of hydrogen-bond acceptors (Lipinski definition) is 1. The van der Waals surface area contributed by atoms with Crippen LogP contribution in [0.3, 0.4) is 0 Å². The Labute approximate surface area is 83.8 Å². The minimum atomic E-state index is -0.853. The van der Waals surface area contributed by atoms with E-state index in [-0.39, 0.29) is 11.9 Å². The summed E-state index contributed by atoms with van der Waals surface area (Å²) in [6.07, 6.45) is 1.25. The third-order valence-electron chi connectivity index (χ3n) is 2.62. The summed E-state index contributed by atoms with van der Waals surface area (Å²) in [4.78, 5) is 10.9. The van der Waals surface area contributed by atoms with Crippen molar-refractivity contribution < 1.29 is 9.18 Å². The molecule has 0 bridgehead atoms. The Balaban J connectivity index is 2.30. The molecule has 0 spiro atoms. The first-order chi connectivity index (χ1) is 6.63. The predicted molar refractivity (Wildman–Crippen MR) is 53.8 cm³/mol. The van der Waals surface area contributed by atoms with Crippen LogP contribution in [0.15, 0.2) is 12.2 Å². The molecule has 14 heavy (non-hydrogen) atoms. The number of allylic oxidation sites excluding steroid dienone is 1. The van der Waals surface area contributed by atoms with E-state index < -0.39 is 6.17 Å². The van der Waals surface area contributed by atoms with Crippen molar-refractivity contribution in [2.45, 2.75) is 25.4 Å². The number of carbonyl (C=O) groups is 1. The van der Waals surface area contributed by atoms with Gasteiger partial charge in [0, 0.05) is 19.5 Å². The molecule has 2 amide bonds. The van der Waals surface area contributed by atoms with Gasteiger partial charge in [0.2, 0.25) is 0 Å². The molecule has 80 valence electrons. The van der Waals surface area contributed by atoms with Crippen molar-refractivity contribution in [3.8, 4) is 0 Å². The summed E-state index contributed by atoms with van der Waals surface area (Å²) in [6.45, 7) is 4.18. The minimum absolute atomic E-state index is 0.0576. The van der Waals surface area contributed by atoms with E-state index in [0.717, 1.165) is 18.4 Å². The Morgan fingerprint density at radius 1 is 1.71 bits per heavy atom. The Morgan fingerprint density at radius 3 is 3.00 bits per heavy atom. The summed E-state index contributed by atoms with van der Waals surface area (Å²) in [7, 11) is 1.55. The molecule has 0 aromatic rings. The number of carbonyl (C=O) groups excluding carboxylic acids is 1. The lowest BCUT2D eigenvalue weighted by molar-refractivity contribution is 0.187. The average Bonchev–Trinajstić information content (AvgIpc) is 2.16. The maximum atomic E-state index is 13.4. The highest BCUT2D eigenvalue weighted by Crippen LogP contribution is 2.29. The maximum Gasteiger partial charge on any atom is 0.314 e. The number of hydrogen-bond donors (Lipinski definition) is 2. The molecular formula is C10H17FN2O. The van der Waals surface area contributed by atoms with Crippen LogP contribution in [-0.4, -0.2) is 25.8 Å². The lowest BCUT2D eigenvalue weighted by Crippen LogP contribution is -2.39. The molecule has 0 heterocycles. The molecule has 1 aliphatic carbocycles.